The van der Waals surface area contributed by atoms with Crippen LogP contribution >= 0.6 is 24.0 Å². The molecule has 1 aliphatic heterocycles. The van der Waals surface area contributed by atoms with Gasteiger partial charge < -0.3 is 20.0 Å². The fourth-order valence-corrected chi connectivity index (χ4v) is 3.70. The van der Waals surface area contributed by atoms with Gasteiger partial charge in [-0.25, -0.2) is 4.98 Å². The monoisotopic (exact) mass is 531 g/mol. The molecule has 6 nitrogen and oxygen atoms in total. The Balaban J connectivity index is 0.00000272. The Kier molecular flexibility index (Phi) is 8.34. The molecule has 1 saturated heterocycles. The van der Waals surface area contributed by atoms with Crippen molar-refractivity contribution in [2.24, 2.45) is 4.99 Å². The number of benzene rings is 2. The summed E-state index contributed by atoms with van der Waals surface area (Å²) in [4.78, 5) is 11.4. The van der Waals surface area contributed by atoms with Gasteiger partial charge in [0.05, 0.1) is 5.69 Å². The van der Waals surface area contributed by atoms with Gasteiger partial charge in [-0.1, -0.05) is 35.9 Å². The Hall–Kier alpha value is -2.55. The molecule has 0 spiro atoms. The Morgan fingerprint density at radius 1 is 1.16 bits per heavy atom. The molecule has 0 bridgehead atoms. The van der Waals surface area contributed by atoms with Crippen LogP contribution in [0.2, 0.25) is 0 Å². The van der Waals surface area contributed by atoms with E-state index in [1.165, 1.54) is 11.3 Å². The maximum atomic E-state index is 5.65. The van der Waals surface area contributed by atoms with Crippen molar-refractivity contribution in [3.8, 4) is 11.5 Å². The van der Waals surface area contributed by atoms with Crippen LogP contribution in [0.5, 0.6) is 0 Å². The first-order chi connectivity index (χ1) is 14.7. The van der Waals surface area contributed by atoms with Gasteiger partial charge >= 0.3 is 0 Å². The molecule has 7 heteroatoms. The van der Waals surface area contributed by atoms with Crippen molar-refractivity contribution in [3.05, 3.63) is 72.1 Å². The molecule has 1 unspecified atom stereocenters. The van der Waals surface area contributed by atoms with Gasteiger partial charge in [0.2, 0.25) is 5.89 Å². The third kappa shape index (κ3) is 6.22. The topological polar surface area (TPSA) is 65.7 Å². The third-order valence-electron chi connectivity index (χ3n) is 5.40. The minimum atomic E-state index is 0. The summed E-state index contributed by atoms with van der Waals surface area (Å²) in [6.07, 6.45) is 3.61. The molecular formula is C24H30IN5O. The van der Waals surface area contributed by atoms with E-state index in [2.05, 4.69) is 74.9 Å². The second kappa shape index (κ2) is 11.2. The number of hydrogen-bond acceptors (Lipinski definition) is 4. The summed E-state index contributed by atoms with van der Waals surface area (Å²) in [7, 11) is 1.81. The van der Waals surface area contributed by atoms with Crippen LogP contribution in [0.3, 0.4) is 0 Å². The van der Waals surface area contributed by atoms with Crippen molar-refractivity contribution < 1.29 is 4.42 Å². The van der Waals surface area contributed by atoms with Gasteiger partial charge in [0.1, 0.15) is 6.26 Å². The smallest absolute Gasteiger partial charge is 0.226 e. The third-order valence-corrected chi connectivity index (χ3v) is 5.40. The van der Waals surface area contributed by atoms with E-state index in [0.29, 0.717) is 11.9 Å². The number of rotatable bonds is 6. The SMILES string of the molecule is CN=C(NCCc1coc(-c2ccc(C)cc2)n1)NC1CCN(c2ccccc2)C1.I. The van der Waals surface area contributed by atoms with Gasteiger partial charge in [-0.05, 0) is 37.6 Å². The highest BCUT2D eigenvalue weighted by Gasteiger charge is 2.23. The number of halogens is 1. The predicted molar refractivity (Wildman–Crippen MR) is 137 cm³/mol. The van der Waals surface area contributed by atoms with Gasteiger partial charge in [-0.2, -0.15) is 0 Å². The van der Waals surface area contributed by atoms with E-state index in [4.69, 9.17) is 4.42 Å². The lowest BCUT2D eigenvalue weighted by Crippen LogP contribution is -2.45. The molecule has 2 N–H and O–H groups in total. The summed E-state index contributed by atoms with van der Waals surface area (Å²) in [5, 5.41) is 6.94. The molecule has 0 radical (unpaired) electrons. The van der Waals surface area contributed by atoms with Crippen molar-refractivity contribution in [2.75, 3.05) is 31.6 Å². The lowest BCUT2D eigenvalue weighted by Gasteiger charge is -2.20. The number of para-hydroxylation sites is 1. The zero-order valence-corrected chi connectivity index (χ0v) is 20.4. The van der Waals surface area contributed by atoms with E-state index < -0.39 is 0 Å². The molecule has 1 aliphatic rings. The van der Waals surface area contributed by atoms with Crippen LogP contribution in [-0.4, -0.2) is 43.7 Å². The first kappa shape index (κ1) is 23.1. The summed E-state index contributed by atoms with van der Waals surface area (Å²) in [6, 6.07) is 19.2. The summed E-state index contributed by atoms with van der Waals surface area (Å²) in [5.41, 5.74) is 4.44. The molecule has 1 aromatic heterocycles. The number of aryl methyl sites for hydroxylation is 1. The molecule has 0 saturated carbocycles. The highest BCUT2D eigenvalue weighted by atomic mass is 127. The minimum Gasteiger partial charge on any atom is -0.444 e. The fourth-order valence-electron chi connectivity index (χ4n) is 3.70. The average molecular weight is 531 g/mol. The number of oxazole rings is 1. The number of anilines is 1. The van der Waals surface area contributed by atoms with Crippen LogP contribution in [0, 0.1) is 6.92 Å². The Morgan fingerprint density at radius 3 is 2.68 bits per heavy atom. The molecule has 2 heterocycles. The molecule has 3 aromatic rings. The summed E-state index contributed by atoms with van der Waals surface area (Å²) < 4.78 is 5.65. The Labute approximate surface area is 201 Å². The molecular weight excluding hydrogens is 501 g/mol. The number of aromatic nitrogens is 1. The maximum absolute atomic E-state index is 5.65. The van der Waals surface area contributed by atoms with E-state index in [0.717, 1.165) is 49.7 Å². The second-order valence-corrected chi connectivity index (χ2v) is 7.67. The average Bonchev–Trinajstić information content (AvgIpc) is 3.44. The summed E-state index contributed by atoms with van der Waals surface area (Å²) in [6.45, 7) is 4.85. The van der Waals surface area contributed by atoms with E-state index in [-0.39, 0.29) is 24.0 Å². The van der Waals surface area contributed by atoms with Crippen molar-refractivity contribution in [2.45, 2.75) is 25.8 Å². The van der Waals surface area contributed by atoms with Crippen molar-refractivity contribution in [1.82, 2.24) is 15.6 Å². The quantitative estimate of drug-likeness (QED) is 0.283. The minimum absolute atomic E-state index is 0. The normalized spacial score (nSPS) is 16.1. The van der Waals surface area contributed by atoms with Gasteiger partial charge in [0.25, 0.3) is 0 Å². The van der Waals surface area contributed by atoms with Crippen LogP contribution in [0.15, 0.2) is 70.3 Å². The Bertz CT molecular complexity index is 971. The second-order valence-electron chi connectivity index (χ2n) is 7.67. The van der Waals surface area contributed by atoms with Gasteiger partial charge in [-0.15, -0.1) is 24.0 Å². The molecule has 0 aliphatic carbocycles. The van der Waals surface area contributed by atoms with Crippen LogP contribution < -0.4 is 15.5 Å². The lowest BCUT2D eigenvalue weighted by atomic mass is 10.1. The highest BCUT2D eigenvalue weighted by molar-refractivity contribution is 14.0. The predicted octanol–water partition coefficient (Wildman–Crippen LogP) is 4.25. The molecule has 0 amide bonds. The maximum Gasteiger partial charge on any atom is 0.226 e. The van der Waals surface area contributed by atoms with E-state index in [9.17, 15) is 0 Å². The van der Waals surface area contributed by atoms with E-state index in [1.807, 2.05) is 19.2 Å². The van der Waals surface area contributed by atoms with Crippen LogP contribution in [0.4, 0.5) is 5.69 Å². The Morgan fingerprint density at radius 2 is 1.94 bits per heavy atom. The first-order valence-electron chi connectivity index (χ1n) is 10.5. The molecule has 164 valence electrons. The highest BCUT2D eigenvalue weighted by Crippen LogP contribution is 2.20. The molecule has 1 atom stereocenters. The van der Waals surface area contributed by atoms with Crippen LogP contribution in [-0.2, 0) is 6.42 Å². The van der Waals surface area contributed by atoms with Crippen LogP contribution in [0.1, 0.15) is 17.7 Å². The summed E-state index contributed by atoms with van der Waals surface area (Å²) >= 11 is 0. The van der Waals surface area contributed by atoms with Gasteiger partial charge in [-0.3, -0.25) is 4.99 Å². The number of nitrogens with zero attached hydrogens (tertiary/aromatic N) is 3. The number of guanidine groups is 1. The summed E-state index contributed by atoms with van der Waals surface area (Å²) in [5.74, 6) is 1.50. The standard InChI is InChI=1S/C24H29N5O.HI/c1-18-8-10-19(11-9-18)23-27-21(17-30-23)12-14-26-24(25-2)28-20-13-15-29(16-20)22-6-4-3-5-7-22;/h3-11,17,20H,12-16H2,1-2H3,(H2,25,26,28);1H. The molecule has 2 aromatic carbocycles. The molecule has 1 fully saturated rings. The van der Waals surface area contributed by atoms with Crippen molar-refractivity contribution in [3.63, 3.8) is 0 Å². The van der Waals surface area contributed by atoms with Crippen molar-refractivity contribution in [1.29, 1.82) is 0 Å². The lowest BCUT2D eigenvalue weighted by molar-refractivity contribution is 0.572. The molecule has 31 heavy (non-hydrogen) atoms. The number of nitrogens with one attached hydrogen (secondary N) is 2. The fraction of sp³-hybridized carbons (Fsp3) is 0.333. The zero-order chi connectivity index (χ0) is 20.8. The van der Waals surface area contributed by atoms with Gasteiger partial charge in [0.15, 0.2) is 5.96 Å². The number of aliphatic imine (C=N–C) groups is 1. The zero-order valence-electron chi connectivity index (χ0n) is 18.0. The van der Waals surface area contributed by atoms with Gasteiger partial charge in [0, 0.05) is 50.4 Å². The largest absolute Gasteiger partial charge is 0.444 e. The van der Waals surface area contributed by atoms with Crippen molar-refractivity contribution >= 4 is 35.6 Å². The van der Waals surface area contributed by atoms with E-state index in [1.54, 1.807) is 6.26 Å². The molecule has 4 rings (SSSR count). The van der Waals surface area contributed by atoms with E-state index >= 15 is 0 Å². The number of hydrogen-bond donors (Lipinski definition) is 2. The van der Waals surface area contributed by atoms with Crippen LogP contribution in [0.25, 0.3) is 11.5 Å². The first-order valence-corrected chi connectivity index (χ1v) is 10.5.